The van der Waals surface area contributed by atoms with Crippen molar-refractivity contribution in [2.75, 3.05) is 19.7 Å². The first-order valence-corrected chi connectivity index (χ1v) is 13.0. The average Bonchev–Trinajstić information content (AvgIpc) is 2.88. The number of benzene rings is 1. The fourth-order valence-corrected chi connectivity index (χ4v) is 5.34. The Hall–Kier alpha value is -2.93. The number of carboxylic acids is 1. The van der Waals surface area contributed by atoms with E-state index >= 15 is 0 Å². The first-order chi connectivity index (χ1) is 17.1. The van der Waals surface area contributed by atoms with Gasteiger partial charge in [0.15, 0.2) is 0 Å². The average molecular weight is 480 g/mol. The van der Waals surface area contributed by atoms with Crippen LogP contribution in [0.3, 0.4) is 0 Å². The summed E-state index contributed by atoms with van der Waals surface area (Å²) in [7, 11) is 0. The second-order valence-electron chi connectivity index (χ2n) is 9.93. The Morgan fingerprint density at radius 3 is 2.60 bits per heavy atom. The number of carbonyl (C=O) groups excluding carboxylic acids is 1. The molecule has 0 bridgehead atoms. The number of hydrogen-bond acceptors (Lipinski definition) is 5. The molecule has 2 fully saturated rings. The van der Waals surface area contributed by atoms with Crippen LogP contribution in [-0.4, -0.2) is 47.7 Å². The van der Waals surface area contributed by atoms with E-state index in [0.717, 1.165) is 57.9 Å². The molecule has 1 aromatic carbocycles. The molecule has 7 nitrogen and oxygen atoms in total. The highest BCUT2D eigenvalue weighted by Gasteiger charge is 2.38. The fraction of sp³-hybridized carbons (Fsp3) is 0.536. The van der Waals surface area contributed by atoms with Gasteiger partial charge in [0.25, 0.3) is 5.91 Å². The number of carboxylic acid groups (broad SMARTS) is 1. The Balaban J connectivity index is 1.54. The molecular weight excluding hydrogens is 442 g/mol. The van der Waals surface area contributed by atoms with Crippen LogP contribution in [0.1, 0.15) is 79.4 Å². The van der Waals surface area contributed by atoms with Gasteiger partial charge < -0.3 is 20.5 Å². The van der Waals surface area contributed by atoms with Crippen LogP contribution in [0.15, 0.2) is 42.5 Å². The van der Waals surface area contributed by atoms with Crippen LogP contribution < -0.4 is 15.4 Å². The molecule has 4 rings (SSSR count). The summed E-state index contributed by atoms with van der Waals surface area (Å²) in [6.45, 7) is 1.85. The molecule has 188 valence electrons. The van der Waals surface area contributed by atoms with Gasteiger partial charge >= 0.3 is 5.97 Å². The Morgan fingerprint density at radius 2 is 1.89 bits per heavy atom. The van der Waals surface area contributed by atoms with E-state index < -0.39 is 11.4 Å². The van der Waals surface area contributed by atoms with Crippen LogP contribution >= 0.6 is 0 Å². The second-order valence-corrected chi connectivity index (χ2v) is 9.93. The summed E-state index contributed by atoms with van der Waals surface area (Å²) < 4.78 is 6.11. The van der Waals surface area contributed by atoms with Gasteiger partial charge in [0.1, 0.15) is 5.56 Å². The van der Waals surface area contributed by atoms with Crippen LogP contribution in [0.2, 0.25) is 0 Å². The molecule has 1 aliphatic heterocycles. The van der Waals surface area contributed by atoms with Crippen LogP contribution in [0.5, 0.6) is 5.88 Å². The number of nitrogens with zero attached hydrogens (tertiary/aromatic N) is 1. The number of ether oxygens (including phenoxy) is 1. The third kappa shape index (κ3) is 6.82. The number of rotatable bonds is 10. The van der Waals surface area contributed by atoms with Crippen molar-refractivity contribution >= 4 is 11.9 Å². The highest BCUT2D eigenvalue weighted by molar-refractivity contribution is 5.96. The summed E-state index contributed by atoms with van der Waals surface area (Å²) in [5.74, 6) is -0.706. The zero-order chi connectivity index (χ0) is 24.5. The lowest BCUT2D eigenvalue weighted by atomic mass is 9.74. The summed E-state index contributed by atoms with van der Waals surface area (Å²) in [5, 5.41) is 16.1. The molecule has 0 spiro atoms. The van der Waals surface area contributed by atoms with Crippen LogP contribution in [0, 0.1) is 0 Å². The highest BCUT2D eigenvalue weighted by Crippen LogP contribution is 2.35. The number of aryl methyl sites for hydroxylation is 1. The molecule has 1 saturated carbocycles. The first-order valence-electron chi connectivity index (χ1n) is 13.0. The van der Waals surface area contributed by atoms with Gasteiger partial charge in [-0.2, -0.15) is 0 Å². The van der Waals surface area contributed by atoms with Gasteiger partial charge in [-0.25, -0.2) is 4.98 Å². The maximum absolute atomic E-state index is 13.2. The number of carbonyl (C=O) groups is 2. The van der Waals surface area contributed by atoms with Crippen LogP contribution in [0.25, 0.3) is 0 Å². The van der Waals surface area contributed by atoms with Crippen molar-refractivity contribution in [2.45, 2.75) is 75.7 Å². The van der Waals surface area contributed by atoms with E-state index in [2.05, 4.69) is 22.8 Å². The van der Waals surface area contributed by atoms with Gasteiger partial charge in [0.05, 0.1) is 18.7 Å². The topological polar surface area (TPSA) is 101 Å². The van der Waals surface area contributed by atoms with Crippen molar-refractivity contribution in [1.82, 2.24) is 15.6 Å². The minimum Gasteiger partial charge on any atom is -0.481 e. The molecule has 2 heterocycles. The fourth-order valence-electron chi connectivity index (χ4n) is 5.34. The lowest BCUT2D eigenvalue weighted by molar-refractivity contribution is -0.138. The zero-order valence-electron chi connectivity index (χ0n) is 20.4. The maximum atomic E-state index is 13.2. The number of aromatic nitrogens is 1. The minimum absolute atomic E-state index is 0.00589. The molecule has 1 amide bonds. The van der Waals surface area contributed by atoms with E-state index in [4.69, 9.17) is 9.72 Å². The third-order valence-corrected chi connectivity index (χ3v) is 7.24. The molecule has 0 radical (unpaired) electrons. The number of amides is 1. The van der Waals surface area contributed by atoms with Crippen molar-refractivity contribution < 1.29 is 19.4 Å². The Morgan fingerprint density at radius 1 is 1.09 bits per heavy atom. The number of aliphatic carboxylic acids is 1. The molecule has 1 atom stereocenters. The molecule has 2 aromatic rings. The Bertz CT molecular complexity index is 983. The molecular formula is C28H37N3O4. The zero-order valence-corrected chi connectivity index (χ0v) is 20.4. The van der Waals surface area contributed by atoms with Gasteiger partial charge in [-0.3, -0.25) is 9.59 Å². The molecule has 1 aliphatic carbocycles. The van der Waals surface area contributed by atoms with E-state index in [1.54, 1.807) is 6.07 Å². The van der Waals surface area contributed by atoms with Gasteiger partial charge in [0, 0.05) is 18.0 Å². The van der Waals surface area contributed by atoms with Crippen LogP contribution in [0.4, 0.5) is 0 Å². The monoisotopic (exact) mass is 479 g/mol. The summed E-state index contributed by atoms with van der Waals surface area (Å²) in [4.78, 5) is 29.7. The van der Waals surface area contributed by atoms with E-state index in [9.17, 15) is 14.7 Å². The number of piperidine rings is 1. The van der Waals surface area contributed by atoms with Gasteiger partial charge in [-0.15, -0.1) is 0 Å². The number of hydrogen-bond donors (Lipinski definition) is 3. The summed E-state index contributed by atoms with van der Waals surface area (Å²) in [6.07, 6.45) is 8.76. The van der Waals surface area contributed by atoms with Crippen molar-refractivity contribution in [2.24, 2.45) is 0 Å². The van der Waals surface area contributed by atoms with E-state index in [-0.39, 0.29) is 18.4 Å². The lowest BCUT2D eigenvalue weighted by Crippen LogP contribution is -2.45. The van der Waals surface area contributed by atoms with Gasteiger partial charge in [-0.05, 0) is 62.8 Å². The standard InChI is InChI=1S/C28H37N3O4/c32-25(33)19-28(16-8-17-29-20-28)24-15-14-23(26(34)30-22-12-5-2-6-13-22)27(31-24)35-18-7-11-21-9-3-1-4-10-21/h1,3-4,9-10,14-15,22,29H,2,5-8,11-13,16-20H2,(H,30,34)(H,32,33)/t28-/m0/s1. The van der Waals surface area contributed by atoms with E-state index in [1.807, 2.05) is 24.3 Å². The first kappa shape index (κ1) is 25.2. The summed E-state index contributed by atoms with van der Waals surface area (Å²) >= 11 is 0. The molecule has 7 heteroatoms. The van der Waals surface area contributed by atoms with Gasteiger partial charge in [0.2, 0.25) is 5.88 Å². The largest absolute Gasteiger partial charge is 0.481 e. The number of nitrogens with one attached hydrogen (secondary N) is 2. The lowest BCUT2D eigenvalue weighted by Gasteiger charge is -2.36. The normalized spacial score (nSPS) is 20.8. The predicted octanol–water partition coefficient (Wildman–Crippen LogP) is 4.25. The molecule has 1 aromatic heterocycles. The van der Waals surface area contributed by atoms with Crippen molar-refractivity contribution in [1.29, 1.82) is 0 Å². The van der Waals surface area contributed by atoms with Gasteiger partial charge in [-0.1, -0.05) is 49.6 Å². The maximum Gasteiger partial charge on any atom is 0.304 e. The minimum atomic E-state index is -0.847. The molecule has 35 heavy (non-hydrogen) atoms. The second kappa shape index (κ2) is 12.2. The molecule has 3 N–H and O–H groups in total. The highest BCUT2D eigenvalue weighted by atomic mass is 16.5. The summed E-state index contributed by atoms with van der Waals surface area (Å²) in [6, 6.07) is 14.0. The molecule has 1 saturated heterocycles. The van der Waals surface area contributed by atoms with Crippen LogP contribution in [-0.2, 0) is 16.6 Å². The quantitative estimate of drug-likeness (QED) is 0.441. The predicted molar refractivity (Wildman–Crippen MR) is 135 cm³/mol. The molecule has 0 unspecified atom stereocenters. The third-order valence-electron chi connectivity index (χ3n) is 7.24. The Kier molecular flexibility index (Phi) is 8.74. The van der Waals surface area contributed by atoms with Crippen molar-refractivity contribution in [3.63, 3.8) is 0 Å². The molecule has 2 aliphatic rings. The number of pyridine rings is 1. The SMILES string of the molecule is O=C(O)C[C@@]1(c2ccc(C(=O)NC3CCCCC3)c(OCCCc3ccccc3)n2)CCCNC1. The smallest absolute Gasteiger partial charge is 0.304 e. The summed E-state index contributed by atoms with van der Waals surface area (Å²) in [5.41, 5.74) is 1.74. The Labute approximate surface area is 207 Å². The van der Waals surface area contributed by atoms with E-state index in [0.29, 0.717) is 30.3 Å². The van der Waals surface area contributed by atoms with Crippen molar-refractivity contribution in [3.05, 3.63) is 59.3 Å². The van der Waals surface area contributed by atoms with Crippen molar-refractivity contribution in [3.8, 4) is 5.88 Å². The van der Waals surface area contributed by atoms with E-state index in [1.165, 1.54) is 12.0 Å².